The highest BCUT2D eigenvalue weighted by Crippen LogP contribution is 2.25. The normalized spacial score (nSPS) is 45.0. The van der Waals surface area contributed by atoms with Gasteiger partial charge in [0, 0.05) is 13.2 Å². The van der Waals surface area contributed by atoms with Crippen LogP contribution >= 0.6 is 0 Å². The molecule has 1 aliphatic heterocycles. The predicted octanol–water partition coefficient (Wildman–Crippen LogP) is 1.92. The number of hydrogen-bond donors (Lipinski definition) is 0. The Labute approximate surface area is 57.4 Å². The summed E-state index contributed by atoms with van der Waals surface area (Å²) in [5.41, 5.74) is 0. The van der Waals surface area contributed by atoms with Gasteiger partial charge in [0.1, 0.15) is 0 Å². The van der Waals surface area contributed by atoms with Crippen LogP contribution in [0.2, 0.25) is 0 Å². The van der Waals surface area contributed by atoms with Crippen molar-refractivity contribution < 1.29 is 4.74 Å². The first-order valence-electron chi connectivity index (χ1n) is 3.79. The second-order valence-electron chi connectivity index (χ2n) is 3.35. The van der Waals surface area contributed by atoms with Gasteiger partial charge in [-0.25, -0.2) is 0 Å². The minimum atomic E-state index is 0.758. The average molecular weight is 128 g/mol. The molecule has 0 aromatic rings. The summed E-state index contributed by atoms with van der Waals surface area (Å²) in [7, 11) is 0. The van der Waals surface area contributed by atoms with Crippen LogP contribution < -0.4 is 0 Å². The molecule has 1 aliphatic rings. The third-order valence-electron chi connectivity index (χ3n) is 2.56. The van der Waals surface area contributed by atoms with E-state index in [1.807, 2.05) is 0 Å². The van der Waals surface area contributed by atoms with Crippen LogP contribution in [0.5, 0.6) is 0 Å². The molecule has 1 nitrogen and oxygen atoms in total. The first kappa shape index (κ1) is 7.07. The maximum atomic E-state index is 5.36. The molecule has 1 fully saturated rings. The van der Waals surface area contributed by atoms with E-state index in [1.54, 1.807) is 0 Å². The fraction of sp³-hybridized carbons (Fsp3) is 1.00. The lowest BCUT2D eigenvalue weighted by molar-refractivity contribution is -0.00914. The number of rotatable bonds is 0. The van der Waals surface area contributed by atoms with E-state index in [0.717, 1.165) is 31.0 Å². The molecule has 0 radical (unpaired) electrons. The Bertz CT molecular complexity index is 80.6. The van der Waals surface area contributed by atoms with Crippen molar-refractivity contribution in [3.05, 3.63) is 0 Å². The van der Waals surface area contributed by atoms with Crippen LogP contribution in [-0.4, -0.2) is 13.2 Å². The summed E-state index contributed by atoms with van der Waals surface area (Å²) in [6.45, 7) is 8.77. The van der Waals surface area contributed by atoms with Crippen molar-refractivity contribution in [2.75, 3.05) is 13.2 Å². The molecule has 1 heteroatoms. The molecule has 54 valence electrons. The van der Waals surface area contributed by atoms with Crippen LogP contribution in [0.1, 0.15) is 20.8 Å². The molecule has 1 rings (SSSR count). The molecule has 0 aromatic heterocycles. The molecule has 0 spiro atoms. The van der Waals surface area contributed by atoms with E-state index < -0.39 is 0 Å². The van der Waals surface area contributed by atoms with Crippen molar-refractivity contribution in [3.8, 4) is 0 Å². The third kappa shape index (κ3) is 1.45. The van der Waals surface area contributed by atoms with E-state index >= 15 is 0 Å². The van der Waals surface area contributed by atoms with Crippen LogP contribution in [0, 0.1) is 17.8 Å². The van der Waals surface area contributed by atoms with E-state index in [0.29, 0.717) is 0 Å². The molecule has 1 heterocycles. The molecule has 0 amide bonds. The fourth-order valence-electron chi connectivity index (χ4n) is 1.30. The second kappa shape index (κ2) is 2.70. The van der Waals surface area contributed by atoms with Gasteiger partial charge >= 0.3 is 0 Å². The Morgan fingerprint density at radius 2 is 1.44 bits per heavy atom. The molecular formula is C8H16O. The van der Waals surface area contributed by atoms with E-state index in [1.165, 1.54) is 0 Å². The van der Waals surface area contributed by atoms with Crippen LogP contribution in [0.3, 0.4) is 0 Å². The Hall–Kier alpha value is -0.0400. The monoisotopic (exact) mass is 128 g/mol. The van der Waals surface area contributed by atoms with Crippen LogP contribution in [0.4, 0.5) is 0 Å². The lowest BCUT2D eigenvalue weighted by Gasteiger charge is -2.31. The van der Waals surface area contributed by atoms with Crippen molar-refractivity contribution in [2.45, 2.75) is 20.8 Å². The van der Waals surface area contributed by atoms with E-state index in [9.17, 15) is 0 Å². The summed E-state index contributed by atoms with van der Waals surface area (Å²) >= 11 is 0. The van der Waals surface area contributed by atoms with Gasteiger partial charge < -0.3 is 4.74 Å². The minimum Gasteiger partial charge on any atom is -0.381 e. The fourth-order valence-corrected chi connectivity index (χ4v) is 1.30. The Balaban J connectivity index is 2.41. The Morgan fingerprint density at radius 1 is 1.00 bits per heavy atom. The van der Waals surface area contributed by atoms with Gasteiger partial charge in [-0.05, 0) is 17.8 Å². The highest BCUT2D eigenvalue weighted by atomic mass is 16.5. The molecule has 1 saturated heterocycles. The van der Waals surface area contributed by atoms with Crippen LogP contribution in [0.25, 0.3) is 0 Å². The predicted molar refractivity (Wildman–Crippen MR) is 38.3 cm³/mol. The van der Waals surface area contributed by atoms with E-state index in [2.05, 4.69) is 20.8 Å². The van der Waals surface area contributed by atoms with Gasteiger partial charge in [-0.2, -0.15) is 0 Å². The summed E-state index contributed by atoms with van der Waals surface area (Å²) in [6, 6.07) is 0. The van der Waals surface area contributed by atoms with Gasteiger partial charge in [0.2, 0.25) is 0 Å². The van der Waals surface area contributed by atoms with Crippen LogP contribution in [0.15, 0.2) is 0 Å². The molecule has 0 aliphatic carbocycles. The smallest absolute Gasteiger partial charge is 0.0494 e. The van der Waals surface area contributed by atoms with Crippen molar-refractivity contribution in [3.63, 3.8) is 0 Å². The standard InChI is InChI=1S/C8H16O/c1-6-4-9-5-7(2)8(6)3/h6-8H,4-5H2,1-3H3/t6-,7?,8?/m0/s1. The third-order valence-corrected chi connectivity index (χ3v) is 2.56. The van der Waals surface area contributed by atoms with Crippen molar-refractivity contribution in [1.82, 2.24) is 0 Å². The lowest BCUT2D eigenvalue weighted by atomic mass is 9.84. The first-order chi connectivity index (χ1) is 4.22. The zero-order chi connectivity index (χ0) is 6.85. The molecule has 0 saturated carbocycles. The highest BCUT2D eigenvalue weighted by molar-refractivity contribution is 4.71. The molecule has 3 atom stereocenters. The maximum Gasteiger partial charge on any atom is 0.0494 e. The zero-order valence-electron chi connectivity index (χ0n) is 6.55. The summed E-state index contributed by atoms with van der Waals surface area (Å²) in [5, 5.41) is 0. The summed E-state index contributed by atoms with van der Waals surface area (Å²) in [5.74, 6) is 2.36. The van der Waals surface area contributed by atoms with Gasteiger partial charge in [-0.15, -0.1) is 0 Å². The minimum absolute atomic E-state index is 0.758. The molecule has 0 bridgehead atoms. The Morgan fingerprint density at radius 3 is 1.78 bits per heavy atom. The summed E-state index contributed by atoms with van der Waals surface area (Å²) < 4.78 is 5.36. The second-order valence-corrected chi connectivity index (χ2v) is 3.35. The average Bonchev–Trinajstić information content (AvgIpc) is 1.83. The van der Waals surface area contributed by atoms with E-state index in [4.69, 9.17) is 4.74 Å². The molecule has 0 aromatic carbocycles. The van der Waals surface area contributed by atoms with Crippen molar-refractivity contribution in [1.29, 1.82) is 0 Å². The maximum absolute atomic E-state index is 5.36. The zero-order valence-corrected chi connectivity index (χ0v) is 6.55. The van der Waals surface area contributed by atoms with Gasteiger partial charge in [0.25, 0.3) is 0 Å². The SMILES string of the molecule is CC1COC[C@H](C)C1C. The van der Waals surface area contributed by atoms with Crippen LogP contribution in [-0.2, 0) is 4.74 Å². The molecular weight excluding hydrogens is 112 g/mol. The van der Waals surface area contributed by atoms with Gasteiger partial charge in [0.05, 0.1) is 0 Å². The van der Waals surface area contributed by atoms with Gasteiger partial charge in [-0.3, -0.25) is 0 Å². The lowest BCUT2D eigenvalue weighted by Crippen LogP contribution is -2.30. The highest BCUT2D eigenvalue weighted by Gasteiger charge is 2.23. The summed E-state index contributed by atoms with van der Waals surface area (Å²) in [4.78, 5) is 0. The number of hydrogen-bond acceptors (Lipinski definition) is 1. The Kier molecular flexibility index (Phi) is 2.12. The topological polar surface area (TPSA) is 9.23 Å². The number of ether oxygens (including phenoxy) is 1. The summed E-state index contributed by atoms with van der Waals surface area (Å²) in [6.07, 6.45) is 0. The molecule has 0 N–H and O–H groups in total. The van der Waals surface area contributed by atoms with E-state index in [-0.39, 0.29) is 0 Å². The van der Waals surface area contributed by atoms with Crippen molar-refractivity contribution >= 4 is 0 Å². The van der Waals surface area contributed by atoms with Gasteiger partial charge in [-0.1, -0.05) is 20.8 Å². The first-order valence-corrected chi connectivity index (χ1v) is 3.79. The van der Waals surface area contributed by atoms with Gasteiger partial charge in [0.15, 0.2) is 0 Å². The largest absolute Gasteiger partial charge is 0.381 e. The quantitative estimate of drug-likeness (QED) is 0.484. The molecule has 9 heavy (non-hydrogen) atoms. The van der Waals surface area contributed by atoms with Crippen molar-refractivity contribution in [2.24, 2.45) is 17.8 Å². The molecule has 2 unspecified atom stereocenters.